The van der Waals surface area contributed by atoms with Crippen LogP contribution in [0.25, 0.3) is 0 Å². The number of hydrogen-bond donors (Lipinski definition) is 0. The lowest BCUT2D eigenvalue weighted by Crippen LogP contribution is -2.28. The Hall–Kier alpha value is -1.25. The van der Waals surface area contributed by atoms with E-state index in [1.807, 2.05) is 33.0 Å². The molecule has 3 heteroatoms. The third-order valence-electron chi connectivity index (χ3n) is 3.39. The fourth-order valence-corrected chi connectivity index (χ4v) is 2.60. The maximum atomic E-state index is 12.1. The average molecular weight is 249 g/mol. The van der Waals surface area contributed by atoms with E-state index in [-0.39, 0.29) is 6.09 Å². The lowest BCUT2D eigenvalue weighted by atomic mass is 9.87. The number of ether oxygens (including phenoxy) is 1. The van der Waals surface area contributed by atoms with Crippen LogP contribution in [-0.2, 0) is 4.74 Å². The van der Waals surface area contributed by atoms with Gasteiger partial charge in [0.2, 0.25) is 0 Å². The molecule has 0 amide bonds. The highest BCUT2D eigenvalue weighted by Gasteiger charge is 2.23. The van der Waals surface area contributed by atoms with Crippen LogP contribution in [0.2, 0.25) is 0 Å². The predicted octanol–water partition coefficient (Wildman–Crippen LogP) is 4.32. The van der Waals surface area contributed by atoms with E-state index in [1.54, 1.807) is 4.57 Å². The molecule has 0 saturated heterocycles. The quantitative estimate of drug-likeness (QED) is 0.742. The zero-order valence-corrected chi connectivity index (χ0v) is 11.6. The van der Waals surface area contributed by atoms with Crippen molar-refractivity contribution in [3.8, 4) is 0 Å². The number of nitrogens with zero attached hydrogens (tertiary/aromatic N) is 1. The summed E-state index contributed by atoms with van der Waals surface area (Å²) in [7, 11) is 0. The summed E-state index contributed by atoms with van der Waals surface area (Å²) in [6, 6.07) is 3.99. The molecule has 1 heterocycles. The molecular weight excluding hydrogens is 226 g/mol. The predicted molar refractivity (Wildman–Crippen MR) is 71.9 cm³/mol. The van der Waals surface area contributed by atoms with E-state index in [1.165, 1.54) is 32.1 Å². The average Bonchev–Trinajstić information content (AvgIpc) is 2.76. The fraction of sp³-hybridized carbons (Fsp3) is 0.667. The van der Waals surface area contributed by atoms with Crippen LogP contribution in [0.4, 0.5) is 4.79 Å². The lowest BCUT2D eigenvalue weighted by Gasteiger charge is -2.25. The lowest BCUT2D eigenvalue weighted by molar-refractivity contribution is 0.0530. The van der Waals surface area contributed by atoms with Crippen LogP contribution in [0.5, 0.6) is 0 Å². The van der Waals surface area contributed by atoms with Gasteiger partial charge in [0, 0.05) is 11.9 Å². The molecular formula is C15H23NO2. The van der Waals surface area contributed by atoms with E-state index in [2.05, 4.69) is 6.07 Å². The van der Waals surface area contributed by atoms with Crippen LogP contribution >= 0.6 is 0 Å². The minimum absolute atomic E-state index is 0.256. The van der Waals surface area contributed by atoms with Gasteiger partial charge in [0.1, 0.15) is 5.60 Å². The number of carbonyl (C=O) groups excluding carboxylic acids is 1. The molecule has 1 aromatic heterocycles. The van der Waals surface area contributed by atoms with Crippen LogP contribution < -0.4 is 0 Å². The first-order chi connectivity index (χ1) is 8.47. The van der Waals surface area contributed by atoms with Crippen LogP contribution in [0.3, 0.4) is 0 Å². The van der Waals surface area contributed by atoms with Gasteiger partial charge >= 0.3 is 6.09 Å². The SMILES string of the molecule is CC(C)(C)OC(=O)n1cccc1C1CCCCC1. The van der Waals surface area contributed by atoms with Crippen LogP contribution in [0, 0.1) is 0 Å². The number of rotatable bonds is 1. The summed E-state index contributed by atoms with van der Waals surface area (Å²) in [6.45, 7) is 5.69. The second kappa shape index (κ2) is 5.17. The molecule has 1 aliphatic rings. The Morgan fingerprint density at radius 3 is 2.56 bits per heavy atom. The Bertz CT molecular complexity index is 408. The molecule has 0 spiro atoms. The van der Waals surface area contributed by atoms with E-state index in [0.29, 0.717) is 5.92 Å². The van der Waals surface area contributed by atoms with Gasteiger partial charge in [-0.2, -0.15) is 0 Å². The van der Waals surface area contributed by atoms with Gasteiger partial charge < -0.3 is 4.74 Å². The third-order valence-corrected chi connectivity index (χ3v) is 3.39. The highest BCUT2D eigenvalue weighted by molar-refractivity contribution is 5.72. The number of aromatic nitrogens is 1. The zero-order chi connectivity index (χ0) is 13.2. The van der Waals surface area contributed by atoms with Crippen LogP contribution in [-0.4, -0.2) is 16.3 Å². The third kappa shape index (κ3) is 3.15. The summed E-state index contributed by atoms with van der Waals surface area (Å²) in [5.74, 6) is 0.515. The van der Waals surface area contributed by atoms with Crippen molar-refractivity contribution in [2.45, 2.75) is 64.4 Å². The van der Waals surface area contributed by atoms with Crippen molar-refractivity contribution >= 4 is 6.09 Å². The molecule has 1 saturated carbocycles. The Kier molecular flexibility index (Phi) is 3.79. The largest absolute Gasteiger partial charge is 0.443 e. The molecule has 0 bridgehead atoms. The van der Waals surface area contributed by atoms with E-state index in [9.17, 15) is 4.79 Å². The van der Waals surface area contributed by atoms with Crippen LogP contribution in [0.1, 0.15) is 64.5 Å². The van der Waals surface area contributed by atoms with E-state index >= 15 is 0 Å². The van der Waals surface area contributed by atoms with Crippen molar-refractivity contribution < 1.29 is 9.53 Å². The molecule has 0 radical (unpaired) electrons. The molecule has 18 heavy (non-hydrogen) atoms. The monoisotopic (exact) mass is 249 g/mol. The van der Waals surface area contributed by atoms with Gasteiger partial charge in [-0.1, -0.05) is 19.3 Å². The normalized spacial score (nSPS) is 17.7. The maximum absolute atomic E-state index is 12.1. The second-order valence-electron chi connectivity index (χ2n) is 6.12. The molecule has 100 valence electrons. The summed E-state index contributed by atoms with van der Waals surface area (Å²) in [4.78, 5) is 12.1. The zero-order valence-electron chi connectivity index (χ0n) is 11.6. The number of carbonyl (C=O) groups is 1. The molecule has 3 nitrogen and oxygen atoms in total. The summed E-state index contributed by atoms with van der Waals surface area (Å²) in [6.07, 6.45) is 7.79. The van der Waals surface area contributed by atoms with Crippen molar-refractivity contribution in [2.24, 2.45) is 0 Å². The molecule has 0 aliphatic heterocycles. The Labute approximate surface area is 109 Å². The van der Waals surface area contributed by atoms with Crippen molar-refractivity contribution in [2.75, 3.05) is 0 Å². The summed E-state index contributed by atoms with van der Waals surface area (Å²) >= 11 is 0. The minimum Gasteiger partial charge on any atom is -0.443 e. The van der Waals surface area contributed by atoms with Gasteiger partial charge in [-0.15, -0.1) is 0 Å². The molecule has 0 N–H and O–H groups in total. The first-order valence-corrected chi connectivity index (χ1v) is 6.88. The van der Waals surface area contributed by atoms with Crippen molar-refractivity contribution in [1.29, 1.82) is 0 Å². The van der Waals surface area contributed by atoms with E-state index in [0.717, 1.165) is 5.69 Å². The topological polar surface area (TPSA) is 31.2 Å². The highest BCUT2D eigenvalue weighted by atomic mass is 16.6. The molecule has 1 aromatic rings. The van der Waals surface area contributed by atoms with Gasteiger partial charge in [-0.25, -0.2) is 4.79 Å². The highest BCUT2D eigenvalue weighted by Crippen LogP contribution is 2.33. The van der Waals surface area contributed by atoms with Crippen LogP contribution in [0.15, 0.2) is 18.3 Å². The second-order valence-corrected chi connectivity index (χ2v) is 6.12. The van der Waals surface area contributed by atoms with Gasteiger partial charge in [0.05, 0.1) is 0 Å². The minimum atomic E-state index is -0.439. The molecule has 1 aliphatic carbocycles. The first-order valence-electron chi connectivity index (χ1n) is 6.88. The summed E-state index contributed by atoms with van der Waals surface area (Å²) in [5, 5.41) is 0. The van der Waals surface area contributed by atoms with Crippen molar-refractivity contribution in [3.63, 3.8) is 0 Å². The molecule has 0 aromatic carbocycles. The van der Waals surface area contributed by atoms with Crippen molar-refractivity contribution in [1.82, 2.24) is 4.57 Å². The smallest absolute Gasteiger partial charge is 0.418 e. The first kappa shape index (κ1) is 13.2. The van der Waals surface area contributed by atoms with Crippen molar-refractivity contribution in [3.05, 3.63) is 24.0 Å². The molecule has 1 fully saturated rings. The van der Waals surface area contributed by atoms with E-state index in [4.69, 9.17) is 4.74 Å². The standard InChI is InChI=1S/C15H23NO2/c1-15(2,3)18-14(17)16-11-7-10-13(16)12-8-5-4-6-9-12/h7,10-12H,4-6,8-9H2,1-3H3. The Balaban J connectivity index is 2.14. The molecule has 0 unspecified atom stereocenters. The van der Waals surface area contributed by atoms with E-state index < -0.39 is 5.60 Å². The fourth-order valence-electron chi connectivity index (χ4n) is 2.60. The molecule has 0 atom stereocenters. The van der Waals surface area contributed by atoms with Gasteiger partial charge in [-0.3, -0.25) is 4.57 Å². The van der Waals surface area contributed by atoms with Gasteiger partial charge in [0.15, 0.2) is 0 Å². The Morgan fingerprint density at radius 2 is 1.94 bits per heavy atom. The summed E-state index contributed by atoms with van der Waals surface area (Å²) < 4.78 is 7.12. The van der Waals surface area contributed by atoms with Gasteiger partial charge in [-0.05, 0) is 51.7 Å². The molecule has 2 rings (SSSR count). The Morgan fingerprint density at radius 1 is 1.28 bits per heavy atom. The summed E-state index contributed by atoms with van der Waals surface area (Å²) in [5.41, 5.74) is 0.675. The van der Waals surface area contributed by atoms with Gasteiger partial charge in [0.25, 0.3) is 0 Å². The maximum Gasteiger partial charge on any atom is 0.418 e. The number of hydrogen-bond acceptors (Lipinski definition) is 2.